The quantitative estimate of drug-likeness (QED) is 0.858. The maximum Gasteiger partial charge on any atom is 0.243 e. The molecule has 4 nitrogen and oxygen atoms in total. The summed E-state index contributed by atoms with van der Waals surface area (Å²) in [6.45, 7) is 4.77. The van der Waals surface area contributed by atoms with Gasteiger partial charge in [-0.15, -0.1) is 0 Å². The first-order chi connectivity index (χ1) is 8.09. The summed E-state index contributed by atoms with van der Waals surface area (Å²) in [5, 5.41) is 13.1. The molecule has 1 saturated heterocycles. The van der Waals surface area contributed by atoms with Crippen molar-refractivity contribution < 1.29 is 9.90 Å². The monoisotopic (exact) mass is 234 g/mol. The van der Waals surface area contributed by atoms with Gasteiger partial charge in [0.2, 0.25) is 5.91 Å². The Hall–Kier alpha value is -1.55. The second kappa shape index (κ2) is 4.75. The number of rotatable bonds is 3. The zero-order valence-electron chi connectivity index (χ0n) is 10.3. The molecule has 1 aromatic carbocycles. The van der Waals surface area contributed by atoms with Gasteiger partial charge in [0.05, 0.1) is 18.3 Å². The summed E-state index contributed by atoms with van der Waals surface area (Å²) >= 11 is 0. The SMILES string of the molecule is Cc1ccccc1N1CCC(=O)N1CC(C)O. The number of hydrogen-bond donors (Lipinski definition) is 1. The highest BCUT2D eigenvalue weighted by Crippen LogP contribution is 2.25. The van der Waals surface area contributed by atoms with E-state index in [1.54, 1.807) is 11.9 Å². The summed E-state index contributed by atoms with van der Waals surface area (Å²) in [4.78, 5) is 11.8. The molecule has 1 N–H and O–H groups in total. The Morgan fingerprint density at radius 1 is 1.41 bits per heavy atom. The van der Waals surface area contributed by atoms with Crippen LogP contribution < -0.4 is 5.01 Å². The lowest BCUT2D eigenvalue weighted by Gasteiger charge is -2.31. The third kappa shape index (κ3) is 2.42. The number of anilines is 1. The van der Waals surface area contributed by atoms with E-state index >= 15 is 0 Å². The van der Waals surface area contributed by atoms with Crippen molar-refractivity contribution in [3.63, 3.8) is 0 Å². The molecule has 1 heterocycles. The molecule has 1 fully saturated rings. The van der Waals surface area contributed by atoms with Crippen LogP contribution in [0.3, 0.4) is 0 Å². The number of carbonyl (C=O) groups is 1. The Kier molecular flexibility index (Phi) is 3.33. The highest BCUT2D eigenvalue weighted by molar-refractivity contribution is 5.82. The van der Waals surface area contributed by atoms with Gasteiger partial charge in [0.1, 0.15) is 0 Å². The summed E-state index contributed by atoms with van der Waals surface area (Å²) in [5.41, 5.74) is 2.18. The van der Waals surface area contributed by atoms with Gasteiger partial charge in [-0.25, -0.2) is 0 Å². The summed E-state index contributed by atoms with van der Waals surface area (Å²) in [5.74, 6) is 0.0779. The zero-order chi connectivity index (χ0) is 12.4. The Morgan fingerprint density at radius 3 is 2.76 bits per heavy atom. The number of benzene rings is 1. The standard InChI is InChI=1S/C13H18N2O2/c1-10-5-3-4-6-12(10)14-8-7-13(17)15(14)9-11(2)16/h3-6,11,16H,7-9H2,1-2H3. The normalized spacial score (nSPS) is 17.7. The molecule has 4 heteroatoms. The average Bonchev–Trinajstić information content (AvgIpc) is 2.61. The Bertz CT molecular complexity index is 418. The van der Waals surface area contributed by atoms with Gasteiger partial charge in [0.15, 0.2) is 0 Å². The number of para-hydroxylation sites is 1. The highest BCUT2D eigenvalue weighted by Gasteiger charge is 2.30. The number of aliphatic hydroxyl groups excluding tert-OH is 1. The lowest BCUT2D eigenvalue weighted by Crippen LogP contribution is -2.43. The van der Waals surface area contributed by atoms with Crippen LogP contribution in [0, 0.1) is 6.92 Å². The van der Waals surface area contributed by atoms with E-state index in [0.29, 0.717) is 19.5 Å². The third-order valence-electron chi connectivity index (χ3n) is 2.95. The molecular weight excluding hydrogens is 216 g/mol. The van der Waals surface area contributed by atoms with Crippen molar-refractivity contribution in [1.82, 2.24) is 5.01 Å². The van der Waals surface area contributed by atoms with E-state index in [1.807, 2.05) is 36.2 Å². The van der Waals surface area contributed by atoms with Crippen LogP contribution in [0.1, 0.15) is 18.9 Å². The van der Waals surface area contributed by atoms with Gasteiger partial charge in [0, 0.05) is 13.0 Å². The molecule has 0 saturated carbocycles. The summed E-state index contributed by atoms with van der Waals surface area (Å²) < 4.78 is 0. The minimum atomic E-state index is -0.511. The van der Waals surface area contributed by atoms with Crippen LogP contribution in [0.5, 0.6) is 0 Å². The largest absolute Gasteiger partial charge is 0.391 e. The second-order valence-corrected chi connectivity index (χ2v) is 4.48. The molecule has 17 heavy (non-hydrogen) atoms. The van der Waals surface area contributed by atoms with E-state index in [9.17, 15) is 9.90 Å². The first kappa shape index (κ1) is 11.9. The number of β-amino-alcohol motifs (C(OH)–C–C–N with tert-alkyl or cyclic N) is 1. The van der Waals surface area contributed by atoms with E-state index < -0.39 is 6.10 Å². The molecule has 1 amide bonds. The van der Waals surface area contributed by atoms with E-state index in [2.05, 4.69) is 0 Å². The Balaban J connectivity index is 2.25. The van der Waals surface area contributed by atoms with Crippen molar-refractivity contribution in [3.8, 4) is 0 Å². The maximum absolute atomic E-state index is 11.8. The fourth-order valence-electron chi connectivity index (χ4n) is 2.14. The van der Waals surface area contributed by atoms with E-state index in [1.165, 1.54) is 0 Å². The first-order valence-corrected chi connectivity index (χ1v) is 5.91. The topological polar surface area (TPSA) is 43.8 Å². The van der Waals surface area contributed by atoms with Crippen LogP contribution in [0.2, 0.25) is 0 Å². The summed E-state index contributed by atoms with van der Waals surface area (Å²) in [6, 6.07) is 7.98. The minimum Gasteiger partial charge on any atom is -0.391 e. The van der Waals surface area contributed by atoms with Crippen LogP contribution in [0.4, 0.5) is 5.69 Å². The molecular formula is C13H18N2O2. The molecule has 0 bridgehead atoms. The fraction of sp³-hybridized carbons (Fsp3) is 0.462. The highest BCUT2D eigenvalue weighted by atomic mass is 16.3. The zero-order valence-corrected chi connectivity index (χ0v) is 10.3. The van der Waals surface area contributed by atoms with Gasteiger partial charge >= 0.3 is 0 Å². The van der Waals surface area contributed by atoms with Crippen LogP contribution in [0.15, 0.2) is 24.3 Å². The van der Waals surface area contributed by atoms with E-state index in [4.69, 9.17) is 0 Å². The van der Waals surface area contributed by atoms with E-state index in [0.717, 1.165) is 11.3 Å². The van der Waals surface area contributed by atoms with Crippen LogP contribution >= 0.6 is 0 Å². The Morgan fingerprint density at radius 2 is 2.12 bits per heavy atom. The van der Waals surface area contributed by atoms with Gasteiger partial charge in [-0.3, -0.25) is 14.8 Å². The van der Waals surface area contributed by atoms with Crippen molar-refractivity contribution >= 4 is 11.6 Å². The van der Waals surface area contributed by atoms with Crippen molar-refractivity contribution in [3.05, 3.63) is 29.8 Å². The molecule has 1 unspecified atom stereocenters. The molecule has 0 spiro atoms. The average molecular weight is 234 g/mol. The fourth-order valence-corrected chi connectivity index (χ4v) is 2.14. The molecule has 1 aliphatic heterocycles. The van der Waals surface area contributed by atoms with E-state index in [-0.39, 0.29) is 5.91 Å². The number of aliphatic hydroxyl groups is 1. The van der Waals surface area contributed by atoms with Gasteiger partial charge in [-0.1, -0.05) is 18.2 Å². The van der Waals surface area contributed by atoms with Crippen molar-refractivity contribution in [2.45, 2.75) is 26.4 Å². The van der Waals surface area contributed by atoms with Gasteiger partial charge in [0.25, 0.3) is 0 Å². The molecule has 0 aromatic heterocycles. The number of amides is 1. The smallest absolute Gasteiger partial charge is 0.243 e. The molecule has 1 aliphatic rings. The van der Waals surface area contributed by atoms with Crippen molar-refractivity contribution in [1.29, 1.82) is 0 Å². The van der Waals surface area contributed by atoms with Crippen LogP contribution in [0.25, 0.3) is 0 Å². The summed E-state index contributed by atoms with van der Waals surface area (Å²) in [7, 11) is 0. The van der Waals surface area contributed by atoms with Crippen LogP contribution in [-0.4, -0.2) is 35.2 Å². The molecule has 1 aromatic rings. The number of hydrazine groups is 1. The lowest BCUT2D eigenvalue weighted by molar-refractivity contribution is -0.129. The van der Waals surface area contributed by atoms with Gasteiger partial charge in [-0.2, -0.15) is 0 Å². The lowest BCUT2D eigenvalue weighted by atomic mass is 10.2. The molecule has 1 atom stereocenters. The predicted molar refractivity (Wildman–Crippen MR) is 66.5 cm³/mol. The summed E-state index contributed by atoms with van der Waals surface area (Å²) in [6.07, 6.45) is 0.00435. The molecule has 92 valence electrons. The van der Waals surface area contributed by atoms with Crippen molar-refractivity contribution in [2.24, 2.45) is 0 Å². The number of carbonyl (C=O) groups excluding carboxylic acids is 1. The molecule has 2 rings (SSSR count). The molecule has 0 radical (unpaired) electrons. The van der Waals surface area contributed by atoms with Crippen molar-refractivity contribution in [2.75, 3.05) is 18.1 Å². The number of hydrogen-bond acceptors (Lipinski definition) is 3. The predicted octanol–water partition coefficient (Wildman–Crippen LogP) is 1.33. The minimum absolute atomic E-state index is 0.0779. The van der Waals surface area contributed by atoms with Crippen LogP contribution in [-0.2, 0) is 4.79 Å². The third-order valence-corrected chi connectivity index (χ3v) is 2.95. The van der Waals surface area contributed by atoms with Gasteiger partial charge < -0.3 is 5.11 Å². The first-order valence-electron chi connectivity index (χ1n) is 5.91. The maximum atomic E-state index is 11.8. The van der Waals surface area contributed by atoms with Gasteiger partial charge in [-0.05, 0) is 25.5 Å². The molecule has 0 aliphatic carbocycles. The number of nitrogens with zero attached hydrogens (tertiary/aromatic N) is 2. The second-order valence-electron chi connectivity index (χ2n) is 4.48. The Labute approximate surface area is 101 Å². The number of aryl methyl sites for hydroxylation is 1.